The summed E-state index contributed by atoms with van der Waals surface area (Å²) in [6.07, 6.45) is 5.18. The van der Waals surface area contributed by atoms with Gasteiger partial charge in [0.05, 0.1) is 34.0 Å². The molecular formula is C26H25Cl2N7O2. The summed E-state index contributed by atoms with van der Waals surface area (Å²) >= 11 is 12.6. The zero-order valence-corrected chi connectivity index (χ0v) is 21.8. The Morgan fingerprint density at radius 3 is 2.51 bits per heavy atom. The standard InChI is InChI=1S/C26H25Cl2N7O2/c1-14(23-18(27)10-32-11-19(23)28)37-22-6-17(20(30)7-21(22)36-2)24(31)16-5-15(8-29)25(33-9-16)35-12-26(13-35)3-4-34-26/h5-7,9-11,14,31,34H,3-4,12-13,30H2,1-2H3/t14-/m1/s1. The third-order valence-electron chi connectivity index (χ3n) is 6.87. The molecule has 0 aliphatic carbocycles. The van der Waals surface area contributed by atoms with Crippen LogP contribution in [0.3, 0.4) is 0 Å². The number of halogens is 2. The first-order valence-corrected chi connectivity index (χ1v) is 12.4. The first-order valence-electron chi connectivity index (χ1n) is 11.7. The van der Waals surface area contributed by atoms with E-state index in [-0.39, 0.29) is 11.3 Å². The molecule has 4 heterocycles. The number of rotatable bonds is 7. The lowest BCUT2D eigenvalue weighted by Crippen LogP contribution is -2.76. The smallest absolute Gasteiger partial charge is 0.162 e. The van der Waals surface area contributed by atoms with Gasteiger partial charge in [0.15, 0.2) is 11.5 Å². The molecule has 0 radical (unpaired) electrons. The van der Waals surface area contributed by atoms with Crippen LogP contribution < -0.4 is 25.4 Å². The monoisotopic (exact) mass is 537 g/mol. The van der Waals surface area contributed by atoms with Crippen LogP contribution in [0.1, 0.15) is 41.7 Å². The van der Waals surface area contributed by atoms with E-state index in [1.807, 2.05) is 0 Å². The van der Waals surface area contributed by atoms with Crippen molar-refractivity contribution in [2.75, 3.05) is 37.4 Å². The van der Waals surface area contributed by atoms with Crippen LogP contribution in [-0.4, -0.2) is 48.0 Å². The van der Waals surface area contributed by atoms with Gasteiger partial charge in [-0.25, -0.2) is 4.98 Å². The summed E-state index contributed by atoms with van der Waals surface area (Å²) < 4.78 is 11.6. The van der Waals surface area contributed by atoms with Crippen LogP contribution in [0.5, 0.6) is 11.5 Å². The van der Waals surface area contributed by atoms with E-state index in [9.17, 15) is 5.26 Å². The fraction of sp³-hybridized carbons (Fsp3) is 0.308. The number of methoxy groups -OCH3 is 1. The minimum atomic E-state index is -0.543. The highest BCUT2D eigenvalue weighted by molar-refractivity contribution is 6.35. The Labute approximate surface area is 224 Å². The molecule has 1 aromatic carbocycles. The molecule has 9 nitrogen and oxygen atoms in total. The van der Waals surface area contributed by atoms with Crippen molar-refractivity contribution in [2.45, 2.75) is 25.0 Å². The van der Waals surface area contributed by atoms with Crippen LogP contribution in [0.25, 0.3) is 0 Å². The fourth-order valence-electron chi connectivity index (χ4n) is 4.77. The van der Waals surface area contributed by atoms with Gasteiger partial charge in [-0.15, -0.1) is 0 Å². The molecule has 1 spiro atoms. The van der Waals surface area contributed by atoms with Crippen molar-refractivity contribution in [3.63, 3.8) is 0 Å². The number of benzene rings is 1. The molecule has 3 aromatic rings. The lowest BCUT2D eigenvalue weighted by molar-refractivity contribution is 0.158. The number of pyridine rings is 2. The van der Waals surface area contributed by atoms with Crippen molar-refractivity contribution in [3.8, 4) is 17.6 Å². The molecule has 0 saturated carbocycles. The lowest BCUT2D eigenvalue weighted by atomic mass is 9.80. The summed E-state index contributed by atoms with van der Waals surface area (Å²) in [5.74, 6) is 1.38. The number of nitrogens with one attached hydrogen (secondary N) is 2. The highest BCUT2D eigenvalue weighted by Crippen LogP contribution is 2.39. The van der Waals surface area contributed by atoms with Gasteiger partial charge in [0.2, 0.25) is 0 Å². The highest BCUT2D eigenvalue weighted by Gasteiger charge is 2.48. The molecule has 5 rings (SSSR count). The second-order valence-corrected chi connectivity index (χ2v) is 10.1. The van der Waals surface area contributed by atoms with Crippen LogP contribution in [0, 0.1) is 16.7 Å². The van der Waals surface area contributed by atoms with E-state index in [0.717, 1.165) is 26.1 Å². The first kappa shape index (κ1) is 25.1. The Hall–Kier alpha value is -3.58. The number of anilines is 2. The summed E-state index contributed by atoms with van der Waals surface area (Å²) in [5, 5.41) is 22.9. The van der Waals surface area contributed by atoms with Gasteiger partial charge < -0.3 is 25.4 Å². The van der Waals surface area contributed by atoms with Crippen molar-refractivity contribution in [1.29, 1.82) is 10.7 Å². The van der Waals surface area contributed by atoms with Crippen LogP contribution in [-0.2, 0) is 0 Å². The number of aromatic nitrogens is 2. The molecule has 190 valence electrons. The van der Waals surface area contributed by atoms with Gasteiger partial charge in [-0.3, -0.25) is 10.4 Å². The van der Waals surface area contributed by atoms with Crippen molar-refractivity contribution in [1.82, 2.24) is 15.3 Å². The number of nitrogen functional groups attached to an aromatic ring is 1. The molecule has 2 aliphatic heterocycles. The van der Waals surface area contributed by atoms with Gasteiger partial charge in [0, 0.05) is 60.1 Å². The molecule has 11 heteroatoms. The Kier molecular flexibility index (Phi) is 6.58. The molecule has 37 heavy (non-hydrogen) atoms. The molecule has 2 saturated heterocycles. The summed E-state index contributed by atoms with van der Waals surface area (Å²) in [7, 11) is 1.50. The maximum absolute atomic E-state index is 9.79. The zero-order chi connectivity index (χ0) is 26.3. The molecule has 0 bridgehead atoms. The number of hydrogen-bond acceptors (Lipinski definition) is 9. The second kappa shape index (κ2) is 9.71. The molecule has 2 fully saturated rings. The van der Waals surface area contributed by atoms with Crippen LogP contribution in [0.2, 0.25) is 10.0 Å². The normalized spacial score (nSPS) is 16.4. The first-order chi connectivity index (χ1) is 17.7. The molecule has 0 amide bonds. The van der Waals surface area contributed by atoms with E-state index in [1.165, 1.54) is 19.5 Å². The maximum Gasteiger partial charge on any atom is 0.162 e. The number of ether oxygens (including phenoxy) is 2. The quantitative estimate of drug-likeness (QED) is 0.299. The number of nitrogens with zero attached hydrogens (tertiary/aromatic N) is 4. The van der Waals surface area contributed by atoms with E-state index in [1.54, 1.807) is 31.3 Å². The lowest BCUT2D eigenvalue weighted by Gasteiger charge is -2.57. The van der Waals surface area contributed by atoms with Gasteiger partial charge in [-0.2, -0.15) is 5.26 Å². The minimum absolute atomic E-state index is 0.105. The van der Waals surface area contributed by atoms with Crippen molar-refractivity contribution < 1.29 is 9.47 Å². The number of hydrogen-bond donors (Lipinski definition) is 3. The maximum atomic E-state index is 9.79. The van der Waals surface area contributed by atoms with Gasteiger partial charge in [-0.05, 0) is 32.0 Å². The zero-order valence-electron chi connectivity index (χ0n) is 20.3. The Bertz CT molecular complexity index is 1410. The molecule has 1 atom stereocenters. The molecule has 2 aliphatic rings. The Morgan fingerprint density at radius 1 is 1.22 bits per heavy atom. The van der Waals surface area contributed by atoms with Gasteiger partial charge in [-0.1, -0.05) is 23.2 Å². The second-order valence-electron chi connectivity index (χ2n) is 9.26. The predicted octanol–water partition coefficient (Wildman–Crippen LogP) is 4.35. The van der Waals surface area contributed by atoms with Gasteiger partial charge >= 0.3 is 0 Å². The molecular weight excluding hydrogens is 513 g/mol. The topological polar surface area (TPSA) is 133 Å². The summed E-state index contributed by atoms with van der Waals surface area (Å²) in [6, 6.07) is 7.13. The van der Waals surface area contributed by atoms with Crippen molar-refractivity contribution in [3.05, 3.63) is 69.1 Å². The van der Waals surface area contributed by atoms with E-state index >= 15 is 0 Å². The molecule has 2 aromatic heterocycles. The van der Waals surface area contributed by atoms with Crippen LogP contribution in [0.15, 0.2) is 36.8 Å². The molecule has 0 unspecified atom stereocenters. The summed E-state index contributed by atoms with van der Waals surface area (Å²) in [4.78, 5) is 10.6. The van der Waals surface area contributed by atoms with Crippen molar-refractivity contribution >= 4 is 40.4 Å². The van der Waals surface area contributed by atoms with E-state index in [2.05, 4.69) is 26.3 Å². The van der Waals surface area contributed by atoms with E-state index in [4.69, 9.17) is 43.8 Å². The predicted molar refractivity (Wildman–Crippen MR) is 143 cm³/mol. The van der Waals surface area contributed by atoms with Crippen LogP contribution >= 0.6 is 23.2 Å². The average molecular weight is 538 g/mol. The minimum Gasteiger partial charge on any atom is -0.493 e. The number of nitrogens with two attached hydrogens (primary N) is 1. The number of nitriles is 1. The third-order valence-corrected chi connectivity index (χ3v) is 7.47. The summed E-state index contributed by atoms with van der Waals surface area (Å²) in [5.41, 5.74) is 8.76. The average Bonchev–Trinajstić information content (AvgIpc) is 2.82. The Morgan fingerprint density at radius 2 is 1.92 bits per heavy atom. The van der Waals surface area contributed by atoms with Gasteiger partial charge in [0.1, 0.15) is 18.0 Å². The summed E-state index contributed by atoms with van der Waals surface area (Å²) in [6.45, 7) is 4.47. The SMILES string of the molecule is COc1cc(N)c(C(=N)c2cnc(N3CC4(CCN4)C3)c(C#N)c2)cc1O[C@H](C)c1c(Cl)cncc1Cl. The van der Waals surface area contributed by atoms with Crippen LogP contribution in [0.4, 0.5) is 11.5 Å². The van der Waals surface area contributed by atoms with Gasteiger partial charge in [0.25, 0.3) is 0 Å². The largest absolute Gasteiger partial charge is 0.493 e. The fourth-order valence-corrected chi connectivity index (χ4v) is 5.44. The third kappa shape index (κ3) is 4.53. The van der Waals surface area contributed by atoms with Crippen molar-refractivity contribution in [2.24, 2.45) is 0 Å². The van der Waals surface area contributed by atoms with E-state index < -0.39 is 6.10 Å². The highest BCUT2D eigenvalue weighted by atomic mass is 35.5. The van der Waals surface area contributed by atoms with E-state index in [0.29, 0.717) is 55.3 Å². The Balaban J connectivity index is 1.43. The molecule has 4 N–H and O–H groups in total.